The lowest BCUT2D eigenvalue weighted by atomic mass is 9.77. The summed E-state index contributed by atoms with van der Waals surface area (Å²) < 4.78 is 21.6. The van der Waals surface area contributed by atoms with E-state index < -0.39 is 41.0 Å². The van der Waals surface area contributed by atoms with Gasteiger partial charge in [0, 0.05) is 71.6 Å². The zero-order valence-electron chi connectivity index (χ0n) is 44.0. The average Bonchev–Trinajstić information content (AvgIpc) is 3.67. The first-order chi connectivity index (χ1) is 36.5. The number of anilines is 1. The molecule has 76 heavy (non-hydrogen) atoms. The van der Waals surface area contributed by atoms with Gasteiger partial charge in [-0.25, -0.2) is 19.3 Å². The fraction of sp³-hybridized carbons (Fsp3) is 0.517. The Morgan fingerprint density at radius 1 is 0.947 bits per heavy atom. The fourth-order valence-electron chi connectivity index (χ4n) is 12.4. The molecule has 3 saturated carbocycles. The van der Waals surface area contributed by atoms with E-state index in [2.05, 4.69) is 47.5 Å². The highest BCUT2D eigenvalue weighted by molar-refractivity contribution is 7.13. The smallest absolute Gasteiger partial charge is 0.258 e. The second-order valence-electron chi connectivity index (χ2n) is 23.1. The average molecular weight is 1050 g/mol. The van der Waals surface area contributed by atoms with Crippen LogP contribution in [0, 0.1) is 24.2 Å². The van der Waals surface area contributed by atoms with Crippen LogP contribution < -0.4 is 20.3 Å². The van der Waals surface area contributed by atoms with E-state index in [1.807, 2.05) is 82.0 Å². The van der Waals surface area contributed by atoms with Crippen molar-refractivity contribution < 1.29 is 33.7 Å². The molecule has 4 aromatic heterocycles. The van der Waals surface area contributed by atoms with E-state index in [4.69, 9.17) is 14.7 Å². The topological polar surface area (TPSA) is 212 Å². The van der Waals surface area contributed by atoms with Gasteiger partial charge in [-0.15, -0.1) is 21.5 Å². The maximum absolute atomic E-state index is 14.8. The molecule has 400 valence electrons. The van der Waals surface area contributed by atoms with Crippen LogP contribution >= 0.6 is 11.3 Å². The Kier molecular flexibility index (Phi) is 14.2. The van der Waals surface area contributed by atoms with Crippen molar-refractivity contribution in [2.75, 3.05) is 24.5 Å². The normalized spacial score (nSPS) is 24.2. The number of nitrogens with one attached hydrogen (secondary N) is 3. The molecular weight excluding hydrogens is 984 g/mol. The highest BCUT2D eigenvalue weighted by Gasteiger charge is 2.54. The van der Waals surface area contributed by atoms with Crippen LogP contribution in [0.3, 0.4) is 0 Å². The number of amides is 2. The van der Waals surface area contributed by atoms with Crippen LogP contribution in [0.4, 0.5) is 10.3 Å². The number of fused-ring (bicyclic) bond motifs is 3. The molecule has 4 fully saturated rings. The van der Waals surface area contributed by atoms with Crippen molar-refractivity contribution in [1.29, 1.82) is 0 Å². The molecule has 11 rings (SSSR count). The number of benzene rings is 2. The lowest BCUT2D eigenvalue weighted by Crippen LogP contribution is -2.54. The number of carbonyl (C=O) groups excluding carboxylic acids is 3. The van der Waals surface area contributed by atoms with Crippen molar-refractivity contribution in [3.05, 3.63) is 94.5 Å². The number of carbonyl (C=O) groups is 3. The first-order valence-corrected chi connectivity index (χ1v) is 28.1. The molecule has 5 aliphatic rings. The maximum atomic E-state index is 14.8. The Labute approximate surface area is 446 Å². The molecule has 2 aromatic carbocycles. The number of hydrogen-bond acceptors (Lipinski definition) is 14. The zero-order chi connectivity index (χ0) is 53.0. The first kappa shape index (κ1) is 51.7. The van der Waals surface area contributed by atoms with Crippen LogP contribution in [0.25, 0.3) is 32.7 Å². The molecular formula is C58H69FN10O6S. The van der Waals surface area contributed by atoms with Gasteiger partial charge in [-0.3, -0.25) is 14.4 Å². The molecule has 6 aromatic rings. The summed E-state index contributed by atoms with van der Waals surface area (Å²) in [6, 6.07) is 14.7. The number of halogens is 1. The Hall–Kier alpha value is -6.37. The molecule has 1 saturated heterocycles. The number of aliphatic hydroxyl groups is 1. The highest BCUT2D eigenvalue weighted by Crippen LogP contribution is 2.43. The molecule has 3 aliphatic carbocycles. The number of thiazole rings is 1. The summed E-state index contributed by atoms with van der Waals surface area (Å²) in [7, 11) is 0. The predicted molar refractivity (Wildman–Crippen MR) is 289 cm³/mol. The van der Waals surface area contributed by atoms with Gasteiger partial charge in [0.2, 0.25) is 11.9 Å². The fourth-order valence-corrected chi connectivity index (χ4v) is 13.2. The second kappa shape index (κ2) is 20.9. The molecule has 1 unspecified atom stereocenters. The van der Waals surface area contributed by atoms with Gasteiger partial charge in [0.15, 0.2) is 17.1 Å². The predicted octanol–water partition coefficient (Wildman–Crippen LogP) is 8.85. The highest BCUT2D eigenvalue weighted by atomic mass is 32.1. The van der Waals surface area contributed by atoms with Crippen molar-refractivity contribution >= 4 is 45.9 Å². The van der Waals surface area contributed by atoms with Crippen molar-refractivity contribution in [3.8, 4) is 33.2 Å². The number of rotatable bonds is 14. The number of aromatic hydroxyl groups is 1. The van der Waals surface area contributed by atoms with Gasteiger partial charge >= 0.3 is 0 Å². The molecule has 5 atom stereocenters. The lowest BCUT2D eigenvalue weighted by molar-refractivity contribution is -0.138. The number of hydrogen-bond donors (Lipinski definition) is 5. The summed E-state index contributed by atoms with van der Waals surface area (Å²) in [6.07, 6.45) is 10.4. The van der Waals surface area contributed by atoms with Crippen molar-refractivity contribution in [2.24, 2.45) is 17.3 Å². The van der Waals surface area contributed by atoms with Crippen LogP contribution in [0.5, 0.6) is 11.5 Å². The van der Waals surface area contributed by atoms with Gasteiger partial charge < -0.3 is 40.4 Å². The Morgan fingerprint density at radius 3 is 2.38 bits per heavy atom. The van der Waals surface area contributed by atoms with Crippen LogP contribution in [-0.2, 0) is 27.3 Å². The van der Waals surface area contributed by atoms with Crippen LogP contribution in [0.15, 0.2) is 66.4 Å². The molecule has 6 heterocycles. The summed E-state index contributed by atoms with van der Waals surface area (Å²) >= 11 is 1.57. The number of nitrogens with zero attached hydrogens (tertiary/aromatic N) is 7. The molecule has 18 heteroatoms. The molecule has 16 nitrogen and oxygen atoms in total. The summed E-state index contributed by atoms with van der Waals surface area (Å²) in [5.41, 5.74) is 7.37. The number of aromatic nitrogens is 6. The van der Waals surface area contributed by atoms with E-state index in [0.29, 0.717) is 34.9 Å². The third-order valence-electron chi connectivity index (χ3n) is 17.0. The lowest BCUT2D eigenvalue weighted by Gasteiger charge is -2.41. The van der Waals surface area contributed by atoms with Gasteiger partial charge in [0.25, 0.3) is 5.91 Å². The first-order valence-electron chi connectivity index (χ1n) is 27.2. The number of phenolic OH excluding ortho intramolecular Hbond substituents is 1. The molecule has 0 bridgehead atoms. The van der Waals surface area contributed by atoms with E-state index in [0.717, 1.165) is 109 Å². The second-order valence-corrected chi connectivity index (χ2v) is 24.0. The standard InChI is InChI=1S/C58H69FN10O6S/c1-32-51(76-31-63-32)35-10-11-36(28-60-54(73)43-26-39(70)25-42(43)50(72)52(57(3,4)5)65-55(74)58(59)19-20-58)48(24-35)75-40-14-12-38(13-15-40)68-21-16-34(17-22-68)37-29-61-56(62-30-37)69-23-18-45-49(33(69)2)44-27-46(66-67-53(44)64-45)41-8-6-7-9-47(41)71/h6-11,24,27,29-31,33-34,38-40,42-43,52,70-71H,12-23,25-26,28H2,1-5H3,(H,60,73)(H,64,67)(H,65,74)/t33-,38?,39+,40?,42?,43-,52-/m1/s1. The van der Waals surface area contributed by atoms with E-state index in [1.54, 1.807) is 23.5 Å². The van der Waals surface area contributed by atoms with E-state index in [9.17, 15) is 29.0 Å². The number of para-hydroxylation sites is 1. The number of ether oxygens (including phenoxy) is 1. The van der Waals surface area contributed by atoms with Crippen LogP contribution in [0.2, 0.25) is 0 Å². The Balaban J connectivity index is 0.697. The van der Waals surface area contributed by atoms with Crippen LogP contribution in [0.1, 0.15) is 132 Å². The van der Waals surface area contributed by atoms with Crippen molar-refractivity contribution in [2.45, 2.75) is 154 Å². The molecule has 5 N–H and O–H groups in total. The van der Waals surface area contributed by atoms with Gasteiger partial charge in [0.1, 0.15) is 11.5 Å². The quantitative estimate of drug-likeness (QED) is 0.0691. The van der Waals surface area contributed by atoms with Gasteiger partial charge in [-0.1, -0.05) is 45.0 Å². The largest absolute Gasteiger partial charge is 0.507 e. The SMILES string of the molecule is Cc1ncsc1-c1ccc(CNC(=O)[C@@H]2C[C@@H](O)CC2C(=O)[C@@H](NC(=O)C2(F)CC2)C(C)(C)C)c(OC2CCC(N3CCC(c4cnc(N5CCc6[nH]c7nnc(-c8ccccc8O)cc7c6[C@H]5C)nc4)CC3)CC2)c1. The molecule has 2 amide bonds. The summed E-state index contributed by atoms with van der Waals surface area (Å²) in [4.78, 5) is 64.8. The minimum absolute atomic E-state index is 0.00449. The Morgan fingerprint density at radius 2 is 1.68 bits per heavy atom. The number of Topliss-reactive ketones (excluding diaryl/α,β-unsaturated/α-hetero) is 1. The minimum atomic E-state index is -1.95. The van der Waals surface area contributed by atoms with Crippen molar-refractivity contribution in [3.63, 3.8) is 0 Å². The van der Waals surface area contributed by atoms with Gasteiger partial charge in [0.05, 0.1) is 52.0 Å². The third kappa shape index (κ3) is 10.4. The number of piperidine rings is 1. The van der Waals surface area contributed by atoms with E-state index in [-0.39, 0.29) is 61.8 Å². The monoisotopic (exact) mass is 1050 g/mol. The summed E-state index contributed by atoms with van der Waals surface area (Å²) in [6.45, 7) is 12.6. The third-order valence-corrected chi connectivity index (χ3v) is 18.0. The molecule has 0 radical (unpaired) electrons. The van der Waals surface area contributed by atoms with E-state index >= 15 is 0 Å². The number of alkyl halides is 1. The van der Waals surface area contributed by atoms with Crippen LogP contribution in [-0.4, -0.2) is 112 Å². The van der Waals surface area contributed by atoms with Crippen molar-refractivity contribution in [1.82, 2.24) is 45.7 Å². The summed E-state index contributed by atoms with van der Waals surface area (Å²) in [5, 5.41) is 37.0. The van der Waals surface area contributed by atoms with Gasteiger partial charge in [-0.05, 0) is 138 Å². The Bertz CT molecular complexity index is 3120. The number of phenols is 1. The number of aliphatic hydroxyl groups excluding tert-OH is 1. The number of aryl methyl sites for hydroxylation is 1. The van der Waals surface area contributed by atoms with Gasteiger partial charge in [-0.2, -0.15) is 0 Å². The van der Waals surface area contributed by atoms with E-state index in [1.165, 1.54) is 5.56 Å². The molecule has 2 aliphatic heterocycles. The number of aromatic amines is 1. The zero-order valence-corrected chi connectivity index (χ0v) is 44.8. The molecule has 0 spiro atoms. The summed E-state index contributed by atoms with van der Waals surface area (Å²) in [5.74, 6) is -1.17. The maximum Gasteiger partial charge on any atom is 0.258 e. The number of ketones is 1. The number of likely N-dealkylation sites (tertiary alicyclic amines) is 1. The minimum Gasteiger partial charge on any atom is -0.507 e. The number of H-pyrrole nitrogens is 1.